The highest BCUT2D eigenvalue weighted by Gasteiger charge is 2.18. The maximum atomic E-state index is 11.8. The van der Waals surface area contributed by atoms with Crippen LogP contribution in [0.15, 0.2) is 54.7 Å². The Bertz CT molecular complexity index is 1230. The molecule has 4 aromatic rings. The van der Waals surface area contributed by atoms with Crippen molar-refractivity contribution in [2.45, 2.75) is 6.92 Å². The van der Waals surface area contributed by atoms with E-state index < -0.39 is 5.97 Å². The summed E-state index contributed by atoms with van der Waals surface area (Å²) in [4.78, 5) is 21.0. The molecule has 0 atom stereocenters. The topological polar surface area (TPSA) is 65.7 Å². The maximum absolute atomic E-state index is 11.8. The summed E-state index contributed by atoms with van der Waals surface area (Å²) >= 11 is 6.65. The summed E-state index contributed by atoms with van der Waals surface area (Å²) in [5.74, 6) is 0.137. The van der Waals surface area contributed by atoms with Crippen LogP contribution in [-0.4, -0.2) is 34.6 Å². The van der Waals surface area contributed by atoms with Gasteiger partial charge in [0.25, 0.3) is 0 Å². The smallest absolute Gasteiger partial charge is 0.338 e. The standard InChI is InChI=1S/C22H18ClN3O3/c1-13-15(8-9-19(24-13)28-2)16-6-4-5-7-17(16)20-21(23)26-11-10-14(22(27)29-3)12-18(26)25-20/h4-12H,1-3H3. The van der Waals surface area contributed by atoms with Crippen LogP contribution < -0.4 is 4.74 Å². The Hall–Kier alpha value is -3.38. The van der Waals surface area contributed by atoms with E-state index in [0.717, 1.165) is 22.4 Å². The van der Waals surface area contributed by atoms with Crippen molar-refractivity contribution in [1.29, 1.82) is 0 Å². The summed E-state index contributed by atoms with van der Waals surface area (Å²) in [6.07, 6.45) is 1.71. The van der Waals surface area contributed by atoms with E-state index in [0.29, 0.717) is 27.9 Å². The first-order valence-corrected chi connectivity index (χ1v) is 9.28. The third kappa shape index (κ3) is 3.32. The van der Waals surface area contributed by atoms with Crippen molar-refractivity contribution in [1.82, 2.24) is 14.4 Å². The molecule has 0 unspecified atom stereocenters. The third-order valence-electron chi connectivity index (χ3n) is 4.73. The molecule has 1 aromatic carbocycles. The van der Waals surface area contributed by atoms with Gasteiger partial charge in [0.05, 0.1) is 19.8 Å². The van der Waals surface area contributed by atoms with E-state index in [9.17, 15) is 4.79 Å². The fraction of sp³-hybridized carbons (Fsp3) is 0.136. The first-order valence-electron chi connectivity index (χ1n) is 8.91. The molecule has 0 saturated heterocycles. The van der Waals surface area contributed by atoms with Gasteiger partial charge in [-0.15, -0.1) is 0 Å². The number of benzene rings is 1. The summed E-state index contributed by atoms with van der Waals surface area (Å²) in [6, 6.07) is 15.0. The molecule has 29 heavy (non-hydrogen) atoms. The predicted molar refractivity (Wildman–Crippen MR) is 111 cm³/mol. The largest absolute Gasteiger partial charge is 0.481 e. The molecule has 6 nitrogen and oxygen atoms in total. The molecule has 0 bridgehead atoms. The SMILES string of the molecule is COC(=O)c1ccn2c(Cl)c(-c3ccccc3-c3ccc(OC)nc3C)nc2c1. The molecule has 0 N–H and O–H groups in total. The zero-order chi connectivity index (χ0) is 20.5. The Morgan fingerprint density at radius 2 is 1.76 bits per heavy atom. The quantitative estimate of drug-likeness (QED) is 0.454. The Labute approximate surface area is 172 Å². The highest BCUT2D eigenvalue weighted by molar-refractivity contribution is 6.32. The van der Waals surface area contributed by atoms with Gasteiger partial charge in [-0.3, -0.25) is 4.40 Å². The number of hydrogen-bond donors (Lipinski definition) is 0. The normalized spacial score (nSPS) is 10.9. The lowest BCUT2D eigenvalue weighted by atomic mass is 9.97. The number of aryl methyl sites for hydroxylation is 1. The Morgan fingerprint density at radius 1 is 1.00 bits per heavy atom. The van der Waals surface area contributed by atoms with Crippen LogP contribution in [0.4, 0.5) is 0 Å². The molecular weight excluding hydrogens is 390 g/mol. The Kier molecular flexibility index (Phi) is 4.94. The first-order chi connectivity index (χ1) is 14.0. The molecule has 3 aromatic heterocycles. The van der Waals surface area contributed by atoms with Gasteiger partial charge in [-0.05, 0) is 30.7 Å². The van der Waals surface area contributed by atoms with E-state index in [1.807, 2.05) is 43.3 Å². The summed E-state index contributed by atoms with van der Waals surface area (Å²) < 4.78 is 11.7. The number of pyridine rings is 2. The number of imidazole rings is 1. The minimum atomic E-state index is -0.423. The van der Waals surface area contributed by atoms with Gasteiger partial charge < -0.3 is 9.47 Å². The van der Waals surface area contributed by atoms with Crippen LogP contribution in [0.25, 0.3) is 28.0 Å². The average molecular weight is 408 g/mol. The number of carbonyl (C=O) groups is 1. The number of fused-ring (bicyclic) bond motifs is 1. The molecule has 0 aliphatic carbocycles. The number of carbonyl (C=O) groups excluding carboxylic acids is 1. The molecule has 4 rings (SSSR count). The van der Waals surface area contributed by atoms with E-state index in [-0.39, 0.29) is 0 Å². The lowest BCUT2D eigenvalue weighted by Crippen LogP contribution is -2.01. The highest BCUT2D eigenvalue weighted by Crippen LogP contribution is 2.37. The Balaban J connectivity index is 1.89. The van der Waals surface area contributed by atoms with Gasteiger partial charge in [0.2, 0.25) is 5.88 Å². The summed E-state index contributed by atoms with van der Waals surface area (Å²) in [7, 11) is 2.94. The minimum absolute atomic E-state index is 0.414. The van der Waals surface area contributed by atoms with E-state index in [2.05, 4.69) is 9.97 Å². The van der Waals surface area contributed by atoms with Crippen LogP contribution in [0.1, 0.15) is 16.1 Å². The predicted octanol–water partition coefficient (Wildman–Crippen LogP) is 4.82. The van der Waals surface area contributed by atoms with Gasteiger partial charge in [-0.2, -0.15) is 0 Å². The molecule has 0 aliphatic rings. The molecule has 0 saturated carbocycles. The van der Waals surface area contributed by atoms with Crippen LogP contribution in [0.2, 0.25) is 5.15 Å². The minimum Gasteiger partial charge on any atom is -0.481 e. The van der Waals surface area contributed by atoms with Crippen LogP contribution >= 0.6 is 11.6 Å². The van der Waals surface area contributed by atoms with Crippen molar-refractivity contribution >= 4 is 23.2 Å². The molecule has 0 aliphatic heterocycles. The number of methoxy groups -OCH3 is 2. The maximum Gasteiger partial charge on any atom is 0.338 e. The number of rotatable bonds is 4. The zero-order valence-corrected chi connectivity index (χ0v) is 16.9. The van der Waals surface area contributed by atoms with Gasteiger partial charge in [0, 0.05) is 29.1 Å². The van der Waals surface area contributed by atoms with Crippen LogP contribution in [0.3, 0.4) is 0 Å². The number of nitrogens with zero attached hydrogens (tertiary/aromatic N) is 3. The Morgan fingerprint density at radius 3 is 2.45 bits per heavy atom. The molecule has 0 fully saturated rings. The lowest BCUT2D eigenvalue weighted by Gasteiger charge is -2.11. The second kappa shape index (κ2) is 7.56. The summed E-state index contributed by atoms with van der Waals surface area (Å²) in [6.45, 7) is 1.93. The van der Waals surface area contributed by atoms with Crippen LogP contribution in [0.5, 0.6) is 5.88 Å². The fourth-order valence-electron chi connectivity index (χ4n) is 3.29. The van der Waals surface area contributed by atoms with E-state index in [1.165, 1.54) is 7.11 Å². The fourth-order valence-corrected chi connectivity index (χ4v) is 3.58. The lowest BCUT2D eigenvalue weighted by molar-refractivity contribution is 0.0600. The van der Waals surface area contributed by atoms with Crippen molar-refractivity contribution in [3.05, 3.63) is 71.1 Å². The van der Waals surface area contributed by atoms with Crippen LogP contribution in [-0.2, 0) is 4.74 Å². The van der Waals surface area contributed by atoms with Crippen molar-refractivity contribution in [3.63, 3.8) is 0 Å². The van der Waals surface area contributed by atoms with Gasteiger partial charge >= 0.3 is 5.97 Å². The van der Waals surface area contributed by atoms with Crippen molar-refractivity contribution in [2.75, 3.05) is 14.2 Å². The summed E-state index contributed by atoms with van der Waals surface area (Å²) in [5.41, 5.74) is 5.23. The van der Waals surface area contributed by atoms with E-state index >= 15 is 0 Å². The van der Waals surface area contributed by atoms with Crippen molar-refractivity contribution < 1.29 is 14.3 Å². The molecule has 7 heteroatoms. The van der Waals surface area contributed by atoms with Gasteiger partial charge in [-0.25, -0.2) is 14.8 Å². The zero-order valence-electron chi connectivity index (χ0n) is 16.1. The van der Waals surface area contributed by atoms with Crippen molar-refractivity contribution in [3.8, 4) is 28.3 Å². The molecule has 0 spiro atoms. The number of halogens is 1. The third-order valence-corrected chi connectivity index (χ3v) is 5.09. The second-order valence-corrected chi connectivity index (χ2v) is 6.78. The molecular formula is C22H18ClN3O3. The van der Waals surface area contributed by atoms with Crippen LogP contribution in [0, 0.1) is 6.92 Å². The van der Waals surface area contributed by atoms with Gasteiger partial charge in [-0.1, -0.05) is 35.9 Å². The second-order valence-electron chi connectivity index (χ2n) is 6.42. The highest BCUT2D eigenvalue weighted by atomic mass is 35.5. The number of esters is 1. The van der Waals surface area contributed by atoms with E-state index in [4.69, 9.17) is 21.1 Å². The number of ether oxygens (including phenoxy) is 2. The number of aromatic nitrogens is 3. The monoisotopic (exact) mass is 407 g/mol. The molecule has 3 heterocycles. The average Bonchev–Trinajstić information content (AvgIpc) is 3.08. The first kappa shape index (κ1) is 19.0. The summed E-state index contributed by atoms with van der Waals surface area (Å²) in [5, 5.41) is 0.461. The molecule has 0 radical (unpaired) electrons. The van der Waals surface area contributed by atoms with Gasteiger partial charge in [0.15, 0.2) is 0 Å². The van der Waals surface area contributed by atoms with E-state index in [1.54, 1.807) is 29.8 Å². The van der Waals surface area contributed by atoms with Gasteiger partial charge in [0.1, 0.15) is 16.5 Å². The molecule has 146 valence electrons. The number of hydrogen-bond acceptors (Lipinski definition) is 5. The van der Waals surface area contributed by atoms with Crippen molar-refractivity contribution in [2.24, 2.45) is 0 Å². The molecule has 0 amide bonds.